The number of amides is 1. The number of hydrogen-bond donors (Lipinski definition) is 2. The van der Waals surface area contributed by atoms with Crippen molar-refractivity contribution in [3.8, 4) is 0 Å². The molecule has 19 heavy (non-hydrogen) atoms. The maximum atomic E-state index is 11.8. The van der Waals surface area contributed by atoms with Crippen LogP contribution in [0.2, 0.25) is 0 Å². The van der Waals surface area contributed by atoms with Crippen LogP contribution in [0.4, 0.5) is 11.6 Å². The third-order valence-electron chi connectivity index (χ3n) is 2.54. The van der Waals surface area contributed by atoms with Crippen LogP contribution in [0.25, 0.3) is 0 Å². The van der Waals surface area contributed by atoms with Crippen molar-refractivity contribution in [2.24, 2.45) is 7.05 Å². The summed E-state index contributed by atoms with van der Waals surface area (Å²) in [6.07, 6.45) is 0. The minimum atomic E-state index is -0.0876. The summed E-state index contributed by atoms with van der Waals surface area (Å²) in [6.45, 7) is 2.00. The molecule has 0 aliphatic rings. The monoisotopic (exact) mass is 277 g/mol. The zero-order valence-corrected chi connectivity index (χ0v) is 11.6. The van der Waals surface area contributed by atoms with Gasteiger partial charge in [-0.1, -0.05) is 29.5 Å². The summed E-state index contributed by atoms with van der Waals surface area (Å²) in [7, 11) is 1.76. The largest absolute Gasteiger partial charge is 0.368 e. The Morgan fingerprint density at radius 3 is 2.63 bits per heavy atom. The molecule has 2 rings (SSSR count). The summed E-state index contributed by atoms with van der Waals surface area (Å²) < 4.78 is 1.64. The molecule has 1 heterocycles. The van der Waals surface area contributed by atoms with Crippen LogP contribution in [0, 0.1) is 6.92 Å². The molecule has 7 heteroatoms. The highest BCUT2D eigenvalue weighted by Crippen LogP contribution is 2.17. The smallest absolute Gasteiger partial charge is 0.234 e. The van der Waals surface area contributed by atoms with E-state index < -0.39 is 0 Å². The van der Waals surface area contributed by atoms with Crippen LogP contribution in [0.15, 0.2) is 29.4 Å². The Hall–Kier alpha value is -2.02. The SMILES string of the molecule is Cc1ccc(NC(=O)CSc2nnc(N)n2C)cc1. The van der Waals surface area contributed by atoms with Crippen molar-refractivity contribution in [2.75, 3.05) is 16.8 Å². The average molecular weight is 277 g/mol. The highest BCUT2D eigenvalue weighted by atomic mass is 32.2. The number of rotatable bonds is 4. The summed E-state index contributed by atoms with van der Waals surface area (Å²) in [5, 5.41) is 11.0. The van der Waals surface area contributed by atoms with Crippen molar-refractivity contribution in [1.29, 1.82) is 0 Å². The molecular weight excluding hydrogens is 262 g/mol. The number of aryl methyl sites for hydroxylation is 1. The third-order valence-corrected chi connectivity index (χ3v) is 3.56. The molecule has 1 amide bonds. The van der Waals surface area contributed by atoms with Crippen LogP contribution < -0.4 is 11.1 Å². The van der Waals surface area contributed by atoms with E-state index in [1.54, 1.807) is 11.6 Å². The summed E-state index contributed by atoms with van der Waals surface area (Å²) in [5.74, 6) is 0.511. The molecule has 3 N–H and O–H groups in total. The normalized spacial score (nSPS) is 10.4. The molecule has 0 radical (unpaired) electrons. The maximum Gasteiger partial charge on any atom is 0.234 e. The summed E-state index contributed by atoms with van der Waals surface area (Å²) in [5.41, 5.74) is 7.50. The number of carbonyl (C=O) groups is 1. The van der Waals surface area contributed by atoms with Crippen molar-refractivity contribution in [3.05, 3.63) is 29.8 Å². The minimum Gasteiger partial charge on any atom is -0.368 e. The van der Waals surface area contributed by atoms with E-state index in [1.165, 1.54) is 11.8 Å². The second-order valence-corrected chi connectivity index (χ2v) is 5.05. The predicted molar refractivity (Wildman–Crippen MR) is 75.9 cm³/mol. The Bertz CT molecular complexity index is 578. The third kappa shape index (κ3) is 3.47. The van der Waals surface area contributed by atoms with Gasteiger partial charge in [0.05, 0.1) is 5.75 Å². The summed E-state index contributed by atoms with van der Waals surface area (Å²) in [4.78, 5) is 11.8. The number of aromatic nitrogens is 3. The van der Waals surface area contributed by atoms with Crippen molar-refractivity contribution < 1.29 is 4.79 Å². The number of nitrogens with two attached hydrogens (primary N) is 1. The van der Waals surface area contributed by atoms with Crippen molar-refractivity contribution >= 4 is 29.3 Å². The first-order valence-corrected chi connectivity index (χ1v) is 6.69. The second kappa shape index (κ2) is 5.75. The fourth-order valence-corrected chi connectivity index (χ4v) is 2.13. The van der Waals surface area contributed by atoms with Crippen LogP contribution >= 0.6 is 11.8 Å². The van der Waals surface area contributed by atoms with Crippen LogP contribution in [0.3, 0.4) is 0 Å². The molecule has 1 aromatic heterocycles. The van der Waals surface area contributed by atoms with Gasteiger partial charge in [0.25, 0.3) is 0 Å². The molecule has 0 atom stereocenters. The van der Waals surface area contributed by atoms with E-state index in [9.17, 15) is 4.79 Å². The van der Waals surface area contributed by atoms with Crippen molar-refractivity contribution in [2.45, 2.75) is 12.1 Å². The molecule has 0 saturated carbocycles. The van der Waals surface area contributed by atoms with Gasteiger partial charge < -0.3 is 11.1 Å². The Labute approximate surface area is 115 Å². The first-order chi connectivity index (χ1) is 9.06. The van der Waals surface area contributed by atoms with Gasteiger partial charge in [-0.3, -0.25) is 9.36 Å². The number of nitrogens with one attached hydrogen (secondary N) is 1. The van der Waals surface area contributed by atoms with Gasteiger partial charge in [0.1, 0.15) is 0 Å². The fourth-order valence-electron chi connectivity index (χ4n) is 1.42. The van der Waals surface area contributed by atoms with Crippen molar-refractivity contribution in [1.82, 2.24) is 14.8 Å². The Morgan fingerprint density at radius 1 is 1.37 bits per heavy atom. The summed E-state index contributed by atoms with van der Waals surface area (Å²) >= 11 is 1.30. The number of anilines is 2. The van der Waals surface area contributed by atoms with E-state index >= 15 is 0 Å². The van der Waals surface area contributed by atoms with Gasteiger partial charge in [-0.15, -0.1) is 10.2 Å². The molecule has 2 aromatic rings. The highest BCUT2D eigenvalue weighted by Gasteiger charge is 2.09. The van der Waals surface area contributed by atoms with E-state index in [0.29, 0.717) is 11.1 Å². The van der Waals surface area contributed by atoms with Gasteiger partial charge in [0.15, 0.2) is 5.16 Å². The van der Waals surface area contributed by atoms with E-state index in [4.69, 9.17) is 5.73 Å². The molecule has 100 valence electrons. The number of benzene rings is 1. The summed E-state index contributed by atoms with van der Waals surface area (Å²) in [6, 6.07) is 7.65. The fraction of sp³-hybridized carbons (Fsp3) is 0.250. The Kier molecular flexibility index (Phi) is 4.06. The second-order valence-electron chi connectivity index (χ2n) is 4.10. The molecule has 0 aliphatic carbocycles. The Balaban J connectivity index is 1.88. The Morgan fingerprint density at radius 2 is 2.05 bits per heavy atom. The van der Waals surface area contributed by atoms with E-state index in [2.05, 4.69) is 15.5 Å². The standard InChI is InChI=1S/C12H15N5OS/c1-8-3-5-9(6-4-8)14-10(18)7-19-12-16-15-11(13)17(12)2/h3-6H,7H2,1-2H3,(H2,13,15)(H,14,18). The topological polar surface area (TPSA) is 85.8 Å². The van der Waals surface area contributed by atoms with Crippen LogP contribution in [0.5, 0.6) is 0 Å². The van der Waals surface area contributed by atoms with Gasteiger partial charge in [-0.05, 0) is 19.1 Å². The van der Waals surface area contributed by atoms with Crippen molar-refractivity contribution in [3.63, 3.8) is 0 Å². The first-order valence-electron chi connectivity index (χ1n) is 5.70. The number of hydrogen-bond acceptors (Lipinski definition) is 5. The van der Waals surface area contributed by atoms with Crippen LogP contribution in [-0.2, 0) is 11.8 Å². The van der Waals surface area contributed by atoms with E-state index in [0.717, 1.165) is 11.3 Å². The van der Waals surface area contributed by atoms with Crippen LogP contribution in [-0.4, -0.2) is 26.4 Å². The molecule has 6 nitrogen and oxygen atoms in total. The number of thioether (sulfide) groups is 1. The lowest BCUT2D eigenvalue weighted by molar-refractivity contribution is -0.113. The number of nitrogen functional groups attached to an aromatic ring is 1. The molecule has 0 spiro atoms. The first kappa shape index (κ1) is 13.4. The lowest BCUT2D eigenvalue weighted by Gasteiger charge is -2.05. The average Bonchev–Trinajstić information content (AvgIpc) is 2.70. The molecule has 0 bridgehead atoms. The molecule has 0 aliphatic heterocycles. The van der Waals surface area contributed by atoms with Crippen LogP contribution in [0.1, 0.15) is 5.56 Å². The molecule has 1 aromatic carbocycles. The molecule has 0 saturated heterocycles. The molecule has 0 unspecified atom stereocenters. The molecular formula is C12H15N5OS. The van der Waals surface area contributed by atoms with Gasteiger partial charge in [0, 0.05) is 12.7 Å². The van der Waals surface area contributed by atoms with Gasteiger partial charge in [-0.25, -0.2) is 0 Å². The quantitative estimate of drug-likeness (QED) is 0.826. The minimum absolute atomic E-state index is 0.0876. The molecule has 0 fully saturated rings. The van der Waals surface area contributed by atoms with Gasteiger partial charge >= 0.3 is 0 Å². The lowest BCUT2D eigenvalue weighted by atomic mass is 10.2. The number of nitrogens with zero attached hydrogens (tertiary/aromatic N) is 3. The zero-order chi connectivity index (χ0) is 13.8. The van der Waals surface area contributed by atoms with Gasteiger partial charge in [-0.2, -0.15) is 0 Å². The zero-order valence-electron chi connectivity index (χ0n) is 10.8. The van der Waals surface area contributed by atoms with Gasteiger partial charge in [0.2, 0.25) is 11.9 Å². The van der Waals surface area contributed by atoms with E-state index in [-0.39, 0.29) is 11.7 Å². The van der Waals surface area contributed by atoms with E-state index in [1.807, 2.05) is 31.2 Å². The predicted octanol–water partition coefficient (Wildman–Crippen LogP) is 1.44. The lowest BCUT2D eigenvalue weighted by Crippen LogP contribution is -2.14. The highest BCUT2D eigenvalue weighted by molar-refractivity contribution is 7.99. The maximum absolute atomic E-state index is 11.8. The number of carbonyl (C=O) groups excluding carboxylic acids is 1.